The molecule has 0 bridgehead atoms. The number of nitrogens with zero attached hydrogens (tertiary/aromatic N) is 1. The first-order valence-electron chi connectivity index (χ1n) is 6.69. The maximum absolute atomic E-state index is 13.8. The van der Waals surface area contributed by atoms with E-state index in [1.165, 1.54) is 6.07 Å². The predicted octanol–water partition coefficient (Wildman–Crippen LogP) is 1.26. The van der Waals surface area contributed by atoms with Gasteiger partial charge in [-0.25, -0.2) is 4.39 Å². The van der Waals surface area contributed by atoms with Crippen LogP contribution in [-0.2, 0) is 4.79 Å². The molecule has 104 valence electrons. The SMILES string of the molecule is NCCCN(CC(=O)NC1CC1)c1ccccc1F. The third-order valence-electron chi connectivity index (χ3n) is 3.10. The Morgan fingerprint density at radius 2 is 2.16 bits per heavy atom. The second kappa shape index (κ2) is 6.52. The molecule has 0 aromatic heterocycles. The van der Waals surface area contributed by atoms with E-state index in [1.807, 2.05) is 0 Å². The molecule has 0 heterocycles. The molecule has 5 heteroatoms. The highest BCUT2D eigenvalue weighted by Gasteiger charge is 2.24. The number of para-hydroxylation sites is 1. The smallest absolute Gasteiger partial charge is 0.239 e. The quantitative estimate of drug-likeness (QED) is 0.780. The van der Waals surface area contributed by atoms with Crippen molar-refractivity contribution in [2.24, 2.45) is 5.73 Å². The van der Waals surface area contributed by atoms with Gasteiger partial charge in [0.1, 0.15) is 5.82 Å². The predicted molar refractivity (Wildman–Crippen MR) is 73.4 cm³/mol. The highest BCUT2D eigenvalue weighted by atomic mass is 19.1. The molecular weight excluding hydrogens is 245 g/mol. The normalized spacial score (nSPS) is 14.2. The van der Waals surface area contributed by atoms with E-state index in [4.69, 9.17) is 5.73 Å². The standard InChI is InChI=1S/C14H20FN3O/c15-12-4-1-2-5-13(12)18(9-3-8-16)10-14(19)17-11-6-7-11/h1-2,4-5,11H,3,6-10,16H2,(H,17,19). The molecule has 19 heavy (non-hydrogen) atoms. The molecular formula is C14H20FN3O. The molecule has 1 saturated carbocycles. The molecule has 0 unspecified atom stereocenters. The molecule has 1 aliphatic rings. The van der Waals surface area contributed by atoms with E-state index in [9.17, 15) is 9.18 Å². The van der Waals surface area contributed by atoms with E-state index in [-0.39, 0.29) is 18.3 Å². The third kappa shape index (κ3) is 4.21. The van der Waals surface area contributed by atoms with Gasteiger partial charge in [-0.15, -0.1) is 0 Å². The van der Waals surface area contributed by atoms with Gasteiger partial charge in [-0.05, 0) is 37.9 Å². The van der Waals surface area contributed by atoms with E-state index in [2.05, 4.69) is 5.32 Å². The first-order chi connectivity index (χ1) is 9.20. The Morgan fingerprint density at radius 3 is 2.79 bits per heavy atom. The molecule has 2 rings (SSSR count). The van der Waals surface area contributed by atoms with Gasteiger partial charge >= 0.3 is 0 Å². The number of hydrogen-bond acceptors (Lipinski definition) is 3. The second-order valence-corrected chi connectivity index (χ2v) is 4.86. The number of carbonyl (C=O) groups is 1. The molecule has 0 spiro atoms. The monoisotopic (exact) mass is 265 g/mol. The largest absolute Gasteiger partial charge is 0.360 e. The van der Waals surface area contributed by atoms with E-state index < -0.39 is 0 Å². The van der Waals surface area contributed by atoms with Crippen molar-refractivity contribution in [1.82, 2.24) is 5.32 Å². The molecule has 1 fully saturated rings. The Bertz CT molecular complexity index is 434. The summed E-state index contributed by atoms with van der Waals surface area (Å²) < 4.78 is 13.8. The van der Waals surface area contributed by atoms with Crippen LogP contribution in [0.3, 0.4) is 0 Å². The summed E-state index contributed by atoms with van der Waals surface area (Å²) in [6, 6.07) is 6.83. The third-order valence-corrected chi connectivity index (χ3v) is 3.10. The molecule has 3 N–H and O–H groups in total. The van der Waals surface area contributed by atoms with Gasteiger partial charge in [-0.1, -0.05) is 12.1 Å². The first-order valence-corrected chi connectivity index (χ1v) is 6.69. The van der Waals surface area contributed by atoms with Crippen LogP contribution >= 0.6 is 0 Å². The van der Waals surface area contributed by atoms with Gasteiger partial charge in [0.25, 0.3) is 0 Å². The van der Waals surface area contributed by atoms with Gasteiger partial charge in [0, 0.05) is 12.6 Å². The number of halogens is 1. The number of carbonyl (C=O) groups excluding carboxylic acids is 1. The maximum atomic E-state index is 13.8. The summed E-state index contributed by atoms with van der Waals surface area (Å²) in [6.07, 6.45) is 2.83. The lowest BCUT2D eigenvalue weighted by atomic mass is 10.2. The van der Waals surface area contributed by atoms with Crippen molar-refractivity contribution in [2.75, 3.05) is 24.5 Å². The molecule has 1 amide bonds. The highest BCUT2D eigenvalue weighted by molar-refractivity contribution is 5.81. The number of benzene rings is 1. The number of nitrogens with two attached hydrogens (primary N) is 1. The van der Waals surface area contributed by atoms with Crippen molar-refractivity contribution in [3.8, 4) is 0 Å². The van der Waals surface area contributed by atoms with Gasteiger partial charge in [-0.2, -0.15) is 0 Å². The molecule has 0 aliphatic heterocycles. The number of nitrogens with one attached hydrogen (secondary N) is 1. The zero-order valence-electron chi connectivity index (χ0n) is 10.9. The Morgan fingerprint density at radius 1 is 1.42 bits per heavy atom. The van der Waals surface area contributed by atoms with Crippen LogP contribution in [0.4, 0.5) is 10.1 Å². The minimum absolute atomic E-state index is 0.0530. The van der Waals surface area contributed by atoms with Gasteiger partial charge in [0.05, 0.1) is 12.2 Å². The molecule has 4 nitrogen and oxygen atoms in total. The zero-order valence-corrected chi connectivity index (χ0v) is 10.9. The topological polar surface area (TPSA) is 58.4 Å². The van der Waals surface area contributed by atoms with E-state index in [0.29, 0.717) is 24.8 Å². The fourth-order valence-corrected chi connectivity index (χ4v) is 1.95. The van der Waals surface area contributed by atoms with Crippen LogP contribution in [0.15, 0.2) is 24.3 Å². The van der Waals surface area contributed by atoms with Crippen molar-refractivity contribution in [3.05, 3.63) is 30.1 Å². The van der Waals surface area contributed by atoms with Crippen molar-refractivity contribution < 1.29 is 9.18 Å². The van der Waals surface area contributed by atoms with Gasteiger partial charge in [0.15, 0.2) is 0 Å². The summed E-state index contributed by atoms with van der Waals surface area (Å²) in [4.78, 5) is 13.6. The first kappa shape index (κ1) is 13.8. The van der Waals surface area contributed by atoms with Gasteiger partial charge in [0.2, 0.25) is 5.91 Å². The lowest BCUT2D eigenvalue weighted by Crippen LogP contribution is -2.39. The van der Waals surface area contributed by atoms with E-state index in [1.54, 1.807) is 23.1 Å². The van der Waals surface area contributed by atoms with Crippen molar-refractivity contribution in [3.63, 3.8) is 0 Å². The maximum Gasteiger partial charge on any atom is 0.239 e. The lowest BCUT2D eigenvalue weighted by Gasteiger charge is -2.24. The van der Waals surface area contributed by atoms with Crippen molar-refractivity contribution >= 4 is 11.6 Å². The van der Waals surface area contributed by atoms with E-state index in [0.717, 1.165) is 19.3 Å². The van der Waals surface area contributed by atoms with Crippen LogP contribution in [0.1, 0.15) is 19.3 Å². The Balaban J connectivity index is 2.01. The number of amides is 1. The van der Waals surface area contributed by atoms with Crippen LogP contribution in [-0.4, -0.2) is 31.6 Å². The Hall–Kier alpha value is -1.62. The van der Waals surface area contributed by atoms with Crippen molar-refractivity contribution in [1.29, 1.82) is 0 Å². The van der Waals surface area contributed by atoms with Crippen LogP contribution in [0.2, 0.25) is 0 Å². The van der Waals surface area contributed by atoms with Crippen LogP contribution in [0, 0.1) is 5.82 Å². The summed E-state index contributed by atoms with van der Waals surface area (Å²) in [5.74, 6) is -0.360. The van der Waals surface area contributed by atoms with Crippen LogP contribution < -0.4 is 16.0 Å². The zero-order chi connectivity index (χ0) is 13.7. The van der Waals surface area contributed by atoms with Gasteiger partial charge in [-0.3, -0.25) is 4.79 Å². The number of rotatable bonds is 7. The molecule has 1 aromatic carbocycles. The highest BCUT2D eigenvalue weighted by Crippen LogP contribution is 2.20. The molecule has 0 radical (unpaired) electrons. The molecule has 0 atom stereocenters. The van der Waals surface area contributed by atoms with Crippen molar-refractivity contribution in [2.45, 2.75) is 25.3 Å². The summed E-state index contributed by atoms with van der Waals surface area (Å²) in [6.45, 7) is 1.28. The number of anilines is 1. The van der Waals surface area contributed by atoms with Crippen LogP contribution in [0.25, 0.3) is 0 Å². The minimum atomic E-state index is -0.307. The van der Waals surface area contributed by atoms with Crippen LogP contribution in [0.5, 0.6) is 0 Å². The Labute approximate surface area is 112 Å². The molecule has 1 aliphatic carbocycles. The lowest BCUT2D eigenvalue weighted by molar-refractivity contribution is -0.119. The average molecular weight is 265 g/mol. The summed E-state index contributed by atoms with van der Waals surface area (Å²) in [5, 5.41) is 2.92. The minimum Gasteiger partial charge on any atom is -0.360 e. The summed E-state index contributed by atoms with van der Waals surface area (Å²) in [7, 11) is 0. The molecule has 1 aromatic rings. The average Bonchev–Trinajstić information content (AvgIpc) is 3.19. The van der Waals surface area contributed by atoms with Gasteiger partial charge < -0.3 is 16.0 Å². The number of hydrogen-bond donors (Lipinski definition) is 2. The summed E-state index contributed by atoms with van der Waals surface area (Å²) >= 11 is 0. The van der Waals surface area contributed by atoms with E-state index >= 15 is 0 Å². The summed E-state index contributed by atoms with van der Waals surface area (Å²) in [5.41, 5.74) is 5.95. The fourth-order valence-electron chi connectivity index (χ4n) is 1.95. The molecule has 0 saturated heterocycles. The Kier molecular flexibility index (Phi) is 4.74. The fraction of sp³-hybridized carbons (Fsp3) is 0.500. The second-order valence-electron chi connectivity index (χ2n) is 4.86.